The van der Waals surface area contributed by atoms with Crippen molar-refractivity contribution in [1.29, 1.82) is 0 Å². The molecule has 0 amide bonds. The van der Waals surface area contributed by atoms with Gasteiger partial charge in [-0.1, -0.05) is 51.0 Å². The molecule has 0 heteroatoms. The zero-order valence-corrected chi connectivity index (χ0v) is 14.4. The molecule has 3 atom stereocenters. The van der Waals surface area contributed by atoms with Crippen molar-refractivity contribution in [2.24, 2.45) is 22.7 Å². The molecule has 2 rings (SSSR count). The summed E-state index contributed by atoms with van der Waals surface area (Å²) in [6.45, 7) is 16.5. The van der Waals surface area contributed by atoms with Crippen LogP contribution in [0.1, 0.15) is 79.6 Å². The standard InChI is InChI=1S/C20H34/c1-7-15(2)9-11-17-16(3)10-12-18-19(4,5)13-8-14-20(17,18)6/h7,17-18H,3,8-14H2,1-2,4-6H3/b15-7+/t17-,18-,20+/m0/s1. The van der Waals surface area contributed by atoms with Crippen LogP contribution < -0.4 is 0 Å². The van der Waals surface area contributed by atoms with Gasteiger partial charge in [-0.05, 0) is 75.0 Å². The fourth-order valence-electron chi connectivity index (χ4n) is 5.32. The molecule has 0 nitrogen and oxygen atoms in total. The van der Waals surface area contributed by atoms with Crippen LogP contribution in [0.25, 0.3) is 0 Å². The lowest BCUT2D eigenvalue weighted by atomic mass is 9.47. The summed E-state index contributed by atoms with van der Waals surface area (Å²) < 4.78 is 0. The summed E-state index contributed by atoms with van der Waals surface area (Å²) in [5, 5.41) is 0. The van der Waals surface area contributed by atoms with Crippen LogP contribution in [0.2, 0.25) is 0 Å². The van der Waals surface area contributed by atoms with Crippen molar-refractivity contribution in [1.82, 2.24) is 0 Å². The molecule has 0 aromatic heterocycles. The normalized spacial score (nSPS) is 37.6. The Morgan fingerprint density at radius 1 is 1.30 bits per heavy atom. The highest BCUT2D eigenvalue weighted by molar-refractivity contribution is 5.16. The maximum absolute atomic E-state index is 4.46. The summed E-state index contributed by atoms with van der Waals surface area (Å²) in [6.07, 6.45) is 11.7. The van der Waals surface area contributed by atoms with E-state index in [1.54, 1.807) is 11.1 Å². The molecular weight excluding hydrogens is 240 g/mol. The van der Waals surface area contributed by atoms with Gasteiger partial charge in [-0.25, -0.2) is 0 Å². The minimum absolute atomic E-state index is 0.505. The molecule has 20 heavy (non-hydrogen) atoms. The van der Waals surface area contributed by atoms with E-state index in [4.69, 9.17) is 0 Å². The maximum Gasteiger partial charge on any atom is -0.0146 e. The van der Waals surface area contributed by atoms with E-state index < -0.39 is 0 Å². The molecule has 0 aromatic rings. The molecule has 0 N–H and O–H groups in total. The molecule has 114 valence electrons. The molecule has 2 aliphatic rings. The van der Waals surface area contributed by atoms with Gasteiger partial charge in [0.1, 0.15) is 0 Å². The van der Waals surface area contributed by atoms with Gasteiger partial charge in [0.2, 0.25) is 0 Å². The van der Waals surface area contributed by atoms with Crippen molar-refractivity contribution in [2.75, 3.05) is 0 Å². The first kappa shape index (κ1) is 15.9. The summed E-state index contributed by atoms with van der Waals surface area (Å²) in [7, 11) is 0. The van der Waals surface area contributed by atoms with Crippen molar-refractivity contribution in [3.63, 3.8) is 0 Å². The Labute approximate surface area is 126 Å². The summed E-state index contributed by atoms with van der Waals surface area (Å²) in [5.41, 5.74) is 4.12. The van der Waals surface area contributed by atoms with Gasteiger partial charge in [-0.3, -0.25) is 0 Å². The fraction of sp³-hybridized carbons (Fsp3) is 0.800. The highest BCUT2D eigenvalue weighted by atomic mass is 14.6. The minimum Gasteiger partial charge on any atom is -0.0996 e. The average Bonchev–Trinajstić information content (AvgIpc) is 2.36. The summed E-state index contributed by atoms with van der Waals surface area (Å²) in [6, 6.07) is 0. The second kappa shape index (κ2) is 5.70. The van der Waals surface area contributed by atoms with E-state index in [1.807, 2.05) is 0 Å². The SMILES string of the molecule is C=C1CC[C@H]2C(C)(C)CCC[C@]2(C)[C@H]1CC/C(C)=C/C. The topological polar surface area (TPSA) is 0 Å². The highest BCUT2D eigenvalue weighted by Crippen LogP contribution is 2.61. The smallest absolute Gasteiger partial charge is 0.0146 e. The molecule has 0 aliphatic heterocycles. The van der Waals surface area contributed by atoms with E-state index in [0.717, 1.165) is 11.8 Å². The van der Waals surface area contributed by atoms with Crippen LogP contribution in [0.4, 0.5) is 0 Å². The van der Waals surface area contributed by atoms with Gasteiger partial charge in [-0.15, -0.1) is 0 Å². The van der Waals surface area contributed by atoms with Gasteiger partial charge in [-0.2, -0.15) is 0 Å². The Morgan fingerprint density at radius 2 is 2.00 bits per heavy atom. The summed E-state index contributed by atoms with van der Waals surface area (Å²) in [5.74, 6) is 1.64. The zero-order valence-electron chi connectivity index (χ0n) is 14.4. The van der Waals surface area contributed by atoms with E-state index in [9.17, 15) is 0 Å². The third-order valence-corrected chi connectivity index (χ3v) is 6.64. The molecule has 2 fully saturated rings. The van der Waals surface area contributed by atoms with Crippen LogP contribution in [0.3, 0.4) is 0 Å². The van der Waals surface area contributed by atoms with Crippen LogP contribution >= 0.6 is 0 Å². The number of allylic oxidation sites excluding steroid dienone is 3. The van der Waals surface area contributed by atoms with Crippen LogP contribution in [0.15, 0.2) is 23.8 Å². The second-order valence-electron chi connectivity index (χ2n) is 8.32. The van der Waals surface area contributed by atoms with Gasteiger partial charge in [0.05, 0.1) is 0 Å². The average molecular weight is 274 g/mol. The second-order valence-corrected chi connectivity index (χ2v) is 8.32. The first-order valence-electron chi connectivity index (χ1n) is 8.60. The van der Waals surface area contributed by atoms with Crippen molar-refractivity contribution in [3.05, 3.63) is 23.8 Å². The van der Waals surface area contributed by atoms with Crippen molar-refractivity contribution < 1.29 is 0 Å². The first-order valence-corrected chi connectivity index (χ1v) is 8.60. The van der Waals surface area contributed by atoms with Crippen molar-refractivity contribution >= 4 is 0 Å². The molecule has 0 radical (unpaired) electrons. The third kappa shape index (κ3) is 2.76. The quantitative estimate of drug-likeness (QED) is 0.513. The summed E-state index contributed by atoms with van der Waals surface area (Å²) >= 11 is 0. The molecule has 0 aromatic carbocycles. The predicted molar refractivity (Wildman–Crippen MR) is 89.8 cm³/mol. The van der Waals surface area contributed by atoms with E-state index in [-0.39, 0.29) is 0 Å². The van der Waals surface area contributed by atoms with Crippen molar-refractivity contribution in [3.8, 4) is 0 Å². The Bertz CT molecular complexity index is 398. The lowest BCUT2D eigenvalue weighted by Gasteiger charge is -2.58. The largest absolute Gasteiger partial charge is 0.0996 e. The first-order chi connectivity index (χ1) is 9.31. The fourth-order valence-corrected chi connectivity index (χ4v) is 5.32. The van der Waals surface area contributed by atoms with Gasteiger partial charge in [0.25, 0.3) is 0 Å². The molecule has 2 aliphatic carbocycles. The number of hydrogen-bond acceptors (Lipinski definition) is 0. The minimum atomic E-state index is 0.505. The van der Waals surface area contributed by atoms with E-state index in [2.05, 4.69) is 47.3 Å². The van der Waals surface area contributed by atoms with E-state index in [1.165, 1.54) is 44.9 Å². The molecular formula is C20H34. The van der Waals surface area contributed by atoms with Crippen LogP contribution in [-0.4, -0.2) is 0 Å². The molecule has 0 bridgehead atoms. The maximum atomic E-state index is 4.46. The lowest BCUT2D eigenvalue weighted by Crippen LogP contribution is -2.49. The number of hydrogen-bond donors (Lipinski definition) is 0. The molecule has 0 unspecified atom stereocenters. The predicted octanol–water partition coefficient (Wildman–Crippen LogP) is 6.53. The van der Waals surface area contributed by atoms with Crippen LogP contribution in [-0.2, 0) is 0 Å². The number of fused-ring (bicyclic) bond motifs is 1. The van der Waals surface area contributed by atoms with Crippen LogP contribution in [0.5, 0.6) is 0 Å². The molecule has 0 heterocycles. The van der Waals surface area contributed by atoms with Crippen LogP contribution in [0, 0.1) is 22.7 Å². The lowest BCUT2D eigenvalue weighted by molar-refractivity contribution is -0.0539. The van der Waals surface area contributed by atoms with Gasteiger partial charge >= 0.3 is 0 Å². The molecule has 0 spiro atoms. The van der Waals surface area contributed by atoms with E-state index in [0.29, 0.717) is 10.8 Å². The zero-order chi connectivity index (χ0) is 15.0. The van der Waals surface area contributed by atoms with Gasteiger partial charge in [0, 0.05) is 0 Å². The summed E-state index contributed by atoms with van der Waals surface area (Å²) in [4.78, 5) is 0. The Kier molecular flexibility index (Phi) is 4.52. The third-order valence-electron chi connectivity index (χ3n) is 6.64. The van der Waals surface area contributed by atoms with E-state index >= 15 is 0 Å². The Balaban J connectivity index is 2.22. The van der Waals surface area contributed by atoms with Gasteiger partial charge < -0.3 is 0 Å². The van der Waals surface area contributed by atoms with Crippen molar-refractivity contribution in [2.45, 2.75) is 79.6 Å². The monoisotopic (exact) mass is 274 g/mol. The highest BCUT2D eigenvalue weighted by Gasteiger charge is 2.52. The Hall–Kier alpha value is -0.520. The van der Waals surface area contributed by atoms with Gasteiger partial charge in [0.15, 0.2) is 0 Å². The Morgan fingerprint density at radius 3 is 2.65 bits per heavy atom. The molecule has 0 saturated heterocycles. The molecule has 2 saturated carbocycles. The number of rotatable bonds is 3.